The van der Waals surface area contributed by atoms with Crippen LogP contribution in [0.2, 0.25) is 5.02 Å². The molecule has 2 rings (SSSR count). The number of benzene rings is 2. The summed E-state index contributed by atoms with van der Waals surface area (Å²) >= 11 is 5.85. The molecule has 0 radical (unpaired) electrons. The van der Waals surface area contributed by atoms with Gasteiger partial charge in [0.15, 0.2) is 0 Å². The van der Waals surface area contributed by atoms with E-state index < -0.39 is 29.7 Å². The number of carbonyl (C=O) groups excluding carboxylic acids is 1. The number of hydrogen-bond acceptors (Lipinski definition) is 4. The highest BCUT2D eigenvalue weighted by molar-refractivity contribution is 6.30. The number of halogens is 2. The second-order valence-corrected chi connectivity index (χ2v) is 8.19. The molecule has 7 heteroatoms. The first kappa shape index (κ1) is 23.0. The van der Waals surface area contributed by atoms with Crippen LogP contribution in [0.15, 0.2) is 42.5 Å². The summed E-state index contributed by atoms with van der Waals surface area (Å²) in [6.07, 6.45) is -1.90. The lowest BCUT2D eigenvalue weighted by Gasteiger charge is -2.34. The summed E-state index contributed by atoms with van der Waals surface area (Å²) in [5.74, 6) is -0.0197. The Morgan fingerprint density at radius 2 is 1.83 bits per heavy atom. The number of amides is 1. The third-order valence-corrected chi connectivity index (χ3v) is 4.68. The monoisotopic (exact) mass is 423 g/mol. The summed E-state index contributed by atoms with van der Waals surface area (Å²) in [6.45, 7) is 7.08. The first-order valence-electron chi connectivity index (χ1n) is 9.28. The van der Waals surface area contributed by atoms with Gasteiger partial charge in [-0.05, 0) is 51.5 Å². The van der Waals surface area contributed by atoms with E-state index in [2.05, 4.69) is 0 Å². The molecule has 0 spiro atoms. The summed E-state index contributed by atoms with van der Waals surface area (Å²) in [4.78, 5) is 14.2. The van der Waals surface area contributed by atoms with E-state index in [1.165, 1.54) is 17.0 Å². The molecule has 2 aromatic rings. The summed E-state index contributed by atoms with van der Waals surface area (Å²) in [6, 6.07) is 10.8. The van der Waals surface area contributed by atoms with E-state index in [0.29, 0.717) is 5.75 Å². The molecule has 1 unspecified atom stereocenters. The van der Waals surface area contributed by atoms with Crippen molar-refractivity contribution in [3.63, 3.8) is 0 Å². The van der Waals surface area contributed by atoms with Gasteiger partial charge in [0, 0.05) is 12.1 Å². The van der Waals surface area contributed by atoms with Gasteiger partial charge in [0.2, 0.25) is 0 Å². The third kappa shape index (κ3) is 6.08. The predicted octanol–water partition coefficient (Wildman–Crippen LogP) is 5.35. The number of aliphatic hydroxyl groups excluding tert-OH is 1. The lowest BCUT2D eigenvalue weighted by Crippen LogP contribution is -2.44. The van der Waals surface area contributed by atoms with Crippen molar-refractivity contribution in [2.45, 2.75) is 52.0 Å². The summed E-state index contributed by atoms with van der Waals surface area (Å²) in [7, 11) is 1.57. The molecule has 0 saturated heterocycles. The highest BCUT2D eigenvalue weighted by Gasteiger charge is 2.32. The SMILES string of the molecule is COc1ccc(CN(C(=O)OC(C)(C)C)C(C)[C@H](O)c2cccc(Cl)c2F)cc1. The lowest BCUT2D eigenvalue weighted by molar-refractivity contribution is -0.00596. The lowest BCUT2D eigenvalue weighted by atomic mass is 10.0. The maximum absolute atomic E-state index is 14.4. The molecule has 2 aromatic carbocycles. The van der Waals surface area contributed by atoms with E-state index in [9.17, 15) is 14.3 Å². The van der Waals surface area contributed by atoms with Gasteiger partial charge in [-0.25, -0.2) is 9.18 Å². The van der Waals surface area contributed by atoms with Crippen molar-refractivity contribution >= 4 is 17.7 Å². The molecule has 0 aliphatic rings. The Hall–Kier alpha value is -2.31. The molecule has 0 heterocycles. The van der Waals surface area contributed by atoms with Crippen LogP contribution in [0.4, 0.5) is 9.18 Å². The molecule has 1 amide bonds. The minimum atomic E-state index is -1.29. The van der Waals surface area contributed by atoms with Crippen LogP contribution >= 0.6 is 11.6 Å². The Labute approximate surface area is 176 Å². The highest BCUT2D eigenvalue weighted by atomic mass is 35.5. The van der Waals surface area contributed by atoms with Crippen molar-refractivity contribution in [2.75, 3.05) is 7.11 Å². The predicted molar refractivity (Wildman–Crippen MR) is 111 cm³/mol. The van der Waals surface area contributed by atoms with E-state index in [1.807, 2.05) is 12.1 Å². The van der Waals surface area contributed by atoms with Gasteiger partial charge in [0.25, 0.3) is 0 Å². The quantitative estimate of drug-likeness (QED) is 0.680. The van der Waals surface area contributed by atoms with Crippen molar-refractivity contribution in [2.24, 2.45) is 0 Å². The summed E-state index contributed by atoms with van der Waals surface area (Å²) < 4.78 is 25.1. The zero-order valence-corrected chi connectivity index (χ0v) is 18.0. The Balaban J connectivity index is 2.33. The van der Waals surface area contributed by atoms with Crippen LogP contribution in [-0.2, 0) is 11.3 Å². The van der Waals surface area contributed by atoms with Crippen LogP contribution in [-0.4, -0.2) is 34.9 Å². The average molecular weight is 424 g/mol. The molecule has 2 atom stereocenters. The van der Waals surface area contributed by atoms with Crippen LogP contribution in [0.5, 0.6) is 5.75 Å². The zero-order chi connectivity index (χ0) is 21.8. The second kappa shape index (κ2) is 9.46. The van der Waals surface area contributed by atoms with Crippen molar-refractivity contribution in [1.29, 1.82) is 0 Å². The number of methoxy groups -OCH3 is 1. The molecule has 158 valence electrons. The maximum atomic E-state index is 14.4. The number of rotatable bonds is 6. The number of aliphatic hydroxyl groups is 1. The minimum Gasteiger partial charge on any atom is -0.497 e. The molecule has 0 bridgehead atoms. The fourth-order valence-corrected chi connectivity index (χ4v) is 2.98. The van der Waals surface area contributed by atoms with E-state index >= 15 is 0 Å². The van der Waals surface area contributed by atoms with Crippen molar-refractivity contribution in [3.05, 3.63) is 64.4 Å². The van der Waals surface area contributed by atoms with E-state index in [1.54, 1.807) is 53.0 Å². The van der Waals surface area contributed by atoms with Gasteiger partial charge in [-0.3, -0.25) is 4.90 Å². The first-order valence-corrected chi connectivity index (χ1v) is 9.66. The summed E-state index contributed by atoms with van der Waals surface area (Å²) in [5, 5.41) is 10.7. The number of nitrogens with zero attached hydrogens (tertiary/aromatic N) is 1. The van der Waals surface area contributed by atoms with Gasteiger partial charge in [-0.15, -0.1) is 0 Å². The molecule has 0 saturated carbocycles. The molecule has 0 aliphatic heterocycles. The fourth-order valence-electron chi connectivity index (χ4n) is 2.80. The molecule has 1 N–H and O–H groups in total. The Kier molecular flexibility index (Phi) is 7.49. The molecule has 29 heavy (non-hydrogen) atoms. The van der Waals surface area contributed by atoms with Gasteiger partial charge in [0.05, 0.1) is 18.2 Å². The van der Waals surface area contributed by atoms with Gasteiger partial charge in [-0.1, -0.05) is 35.9 Å². The minimum absolute atomic E-state index is 0.0216. The van der Waals surface area contributed by atoms with Crippen molar-refractivity contribution in [1.82, 2.24) is 4.90 Å². The molecule has 0 aromatic heterocycles. The van der Waals surface area contributed by atoms with E-state index in [-0.39, 0.29) is 17.1 Å². The first-order chi connectivity index (χ1) is 13.5. The second-order valence-electron chi connectivity index (χ2n) is 7.78. The maximum Gasteiger partial charge on any atom is 0.410 e. The molecule has 0 aliphatic carbocycles. The average Bonchev–Trinajstić information content (AvgIpc) is 2.66. The van der Waals surface area contributed by atoms with Crippen LogP contribution in [0, 0.1) is 5.82 Å². The van der Waals surface area contributed by atoms with Gasteiger partial charge >= 0.3 is 6.09 Å². The standard InChI is InChI=1S/C22H27ClFNO4/c1-14(20(26)17-7-6-8-18(23)19(17)24)25(21(27)29-22(2,3)4)13-15-9-11-16(28-5)12-10-15/h6-12,14,20,26H,13H2,1-5H3/t14?,20-/m0/s1. The molecular formula is C22H27ClFNO4. The largest absolute Gasteiger partial charge is 0.497 e. The Morgan fingerprint density at radius 3 is 2.38 bits per heavy atom. The van der Waals surface area contributed by atoms with Gasteiger partial charge in [0.1, 0.15) is 23.3 Å². The molecule has 5 nitrogen and oxygen atoms in total. The third-order valence-electron chi connectivity index (χ3n) is 4.39. The highest BCUT2D eigenvalue weighted by Crippen LogP contribution is 2.29. The van der Waals surface area contributed by atoms with Crippen LogP contribution in [0.3, 0.4) is 0 Å². The van der Waals surface area contributed by atoms with Gasteiger partial charge in [-0.2, -0.15) is 0 Å². The normalized spacial score (nSPS) is 13.5. The molecule has 0 fully saturated rings. The fraction of sp³-hybridized carbons (Fsp3) is 0.409. The summed E-state index contributed by atoms with van der Waals surface area (Å²) in [5.41, 5.74) is 0.108. The van der Waals surface area contributed by atoms with E-state index in [0.717, 1.165) is 5.56 Å². The smallest absolute Gasteiger partial charge is 0.410 e. The van der Waals surface area contributed by atoms with Crippen molar-refractivity contribution in [3.8, 4) is 5.75 Å². The number of hydrogen-bond donors (Lipinski definition) is 1. The van der Waals surface area contributed by atoms with Gasteiger partial charge < -0.3 is 14.6 Å². The topological polar surface area (TPSA) is 59.0 Å². The Bertz CT molecular complexity index is 836. The number of ether oxygens (including phenoxy) is 2. The number of carbonyl (C=O) groups is 1. The van der Waals surface area contributed by atoms with Crippen LogP contribution in [0.25, 0.3) is 0 Å². The zero-order valence-electron chi connectivity index (χ0n) is 17.3. The van der Waals surface area contributed by atoms with Crippen LogP contribution in [0.1, 0.15) is 44.9 Å². The van der Waals surface area contributed by atoms with E-state index in [4.69, 9.17) is 21.1 Å². The van der Waals surface area contributed by atoms with Crippen molar-refractivity contribution < 1.29 is 23.8 Å². The molecular weight excluding hydrogens is 397 g/mol. The van der Waals surface area contributed by atoms with Crippen LogP contribution < -0.4 is 4.74 Å². The Morgan fingerprint density at radius 1 is 1.21 bits per heavy atom.